The molecule has 0 saturated carbocycles. The van der Waals surface area contributed by atoms with Crippen molar-refractivity contribution < 1.29 is 9.84 Å². The number of ether oxygens (including phenoxy) is 1. The van der Waals surface area contributed by atoms with Crippen LogP contribution in [0.2, 0.25) is 0 Å². The van der Waals surface area contributed by atoms with E-state index in [1.54, 1.807) is 0 Å². The van der Waals surface area contributed by atoms with Gasteiger partial charge in [-0.1, -0.05) is 0 Å². The van der Waals surface area contributed by atoms with Gasteiger partial charge in [0.05, 0.1) is 12.2 Å². The van der Waals surface area contributed by atoms with Gasteiger partial charge in [0.25, 0.3) is 0 Å². The topological polar surface area (TPSA) is 32.7 Å². The molecular formula is C8H13NO2. The minimum absolute atomic E-state index is 0.128. The van der Waals surface area contributed by atoms with Gasteiger partial charge in [0.2, 0.25) is 0 Å². The molecule has 0 spiro atoms. The molecule has 11 heavy (non-hydrogen) atoms. The van der Waals surface area contributed by atoms with E-state index >= 15 is 0 Å². The van der Waals surface area contributed by atoms with Crippen molar-refractivity contribution in [1.82, 2.24) is 4.90 Å². The fourth-order valence-electron chi connectivity index (χ4n) is 2.91. The first kappa shape index (κ1) is 6.40. The number of likely N-dealkylation sites (N-methyl/N-ethyl adjacent to an activating group) is 1. The van der Waals surface area contributed by atoms with Crippen molar-refractivity contribution in [1.29, 1.82) is 0 Å². The van der Waals surface area contributed by atoms with Gasteiger partial charge in [-0.3, -0.25) is 4.90 Å². The third kappa shape index (κ3) is 0.604. The smallest absolute Gasteiger partial charge is 0.101 e. The fraction of sp³-hybridized carbons (Fsp3) is 1.00. The highest BCUT2D eigenvalue weighted by Gasteiger charge is 2.57. The maximum Gasteiger partial charge on any atom is 0.101 e. The number of aliphatic hydroxyl groups is 1. The Kier molecular flexibility index (Phi) is 1.04. The molecule has 4 aliphatic rings. The SMILES string of the molecule is CN1[C@@H]2C[C@H]3C[C@H]1[C@@H](O)[C@H]2O3. The largest absolute Gasteiger partial charge is 0.389 e. The predicted molar refractivity (Wildman–Crippen MR) is 39.2 cm³/mol. The van der Waals surface area contributed by atoms with Gasteiger partial charge in [0.15, 0.2) is 0 Å². The molecule has 4 saturated heterocycles. The van der Waals surface area contributed by atoms with Gasteiger partial charge < -0.3 is 9.84 Å². The van der Waals surface area contributed by atoms with Crippen LogP contribution in [0.3, 0.4) is 0 Å². The van der Waals surface area contributed by atoms with Crippen LogP contribution in [0.1, 0.15) is 12.8 Å². The Morgan fingerprint density at radius 1 is 1.36 bits per heavy atom. The van der Waals surface area contributed by atoms with Crippen LogP contribution in [-0.2, 0) is 4.74 Å². The molecule has 0 radical (unpaired) electrons. The second-order valence-electron chi connectivity index (χ2n) is 3.98. The molecule has 62 valence electrons. The van der Waals surface area contributed by atoms with E-state index in [1.807, 2.05) is 0 Å². The van der Waals surface area contributed by atoms with Gasteiger partial charge >= 0.3 is 0 Å². The monoisotopic (exact) mass is 155 g/mol. The average molecular weight is 155 g/mol. The first-order chi connectivity index (χ1) is 5.27. The van der Waals surface area contributed by atoms with Crippen LogP contribution in [0.15, 0.2) is 0 Å². The quantitative estimate of drug-likeness (QED) is 0.516. The van der Waals surface area contributed by atoms with E-state index in [0.29, 0.717) is 18.2 Å². The Balaban J connectivity index is 2.00. The summed E-state index contributed by atoms with van der Waals surface area (Å²) < 4.78 is 5.64. The van der Waals surface area contributed by atoms with Gasteiger partial charge in [-0.15, -0.1) is 0 Å². The summed E-state index contributed by atoms with van der Waals surface area (Å²) in [5.74, 6) is 0. The van der Waals surface area contributed by atoms with E-state index in [2.05, 4.69) is 11.9 Å². The Morgan fingerprint density at radius 3 is 2.73 bits per heavy atom. The van der Waals surface area contributed by atoms with Crippen LogP contribution < -0.4 is 0 Å². The molecule has 0 amide bonds. The molecule has 0 aliphatic carbocycles. The molecule has 4 rings (SSSR count). The van der Waals surface area contributed by atoms with Gasteiger partial charge in [0, 0.05) is 12.1 Å². The van der Waals surface area contributed by atoms with Crippen molar-refractivity contribution in [3.63, 3.8) is 0 Å². The first-order valence-corrected chi connectivity index (χ1v) is 4.33. The molecule has 4 aliphatic heterocycles. The predicted octanol–water partition coefficient (Wildman–Crippen LogP) is -0.409. The van der Waals surface area contributed by atoms with E-state index in [4.69, 9.17) is 4.74 Å². The lowest BCUT2D eigenvalue weighted by Gasteiger charge is -2.33. The summed E-state index contributed by atoms with van der Waals surface area (Å²) in [6, 6.07) is 0.895. The van der Waals surface area contributed by atoms with Crippen LogP contribution in [0.5, 0.6) is 0 Å². The second-order valence-corrected chi connectivity index (χ2v) is 3.98. The van der Waals surface area contributed by atoms with Crippen LogP contribution in [0, 0.1) is 0 Å². The lowest BCUT2D eigenvalue weighted by atomic mass is 10.0. The van der Waals surface area contributed by atoms with Gasteiger partial charge in [-0.25, -0.2) is 0 Å². The second kappa shape index (κ2) is 1.79. The van der Waals surface area contributed by atoms with E-state index in [0.717, 1.165) is 12.8 Å². The summed E-state index contributed by atoms with van der Waals surface area (Å²) in [5.41, 5.74) is 0. The Labute approximate surface area is 65.9 Å². The van der Waals surface area contributed by atoms with E-state index in [-0.39, 0.29) is 12.2 Å². The molecule has 4 bridgehead atoms. The zero-order valence-corrected chi connectivity index (χ0v) is 6.60. The Morgan fingerprint density at radius 2 is 2.09 bits per heavy atom. The molecule has 1 N–H and O–H groups in total. The van der Waals surface area contributed by atoms with E-state index in [9.17, 15) is 5.11 Å². The normalized spacial score (nSPS) is 61.1. The minimum atomic E-state index is -0.219. The van der Waals surface area contributed by atoms with Crippen LogP contribution in [0.4, 0.5) is 0 Å². The lowest BCUT2D eigenvalue weighted by molar-refractivity contribution is -0.0758. The highest BCUT2D eigenvalue weighted by Crippen LogP contribution is 2.44. The summed E-state index contributed by atoms with van der Waals surface area (Å²) in [6.45, 7) is 0. The molecule has 0 aromatic carbocycles. The van der Waals surface area contributed by atoms with Crippen molar-refractivity contribution in [2.24, 2.45) is 0 Å². The number of piperidine rings is 1. The number of hydrogen-bond donors (Lipinski definition) is 1. The molecule has 0 unspecified atom stereocenters. The summed E-state index contributed by atoms with van der Waals surface area (Å²) >= 11 is 0. The summed E-state index contributed by atoms with van der Waals surface area (Å²) in [4.78, 5) is 2.29. The van der Waals surface area contributed by atoms with Crippen molar-refractivity contribution in [2.75, 3.05) is 7.05 Å². The van der Waals surface area contributed by atoms with Gasteiger partial charge in [-0.2, -0.15) is 0 Å². The maximum atomic E-state index is 9.71. The lowest BCUT2D eigenvalue weighted by Crippen LogP contribution is -2.44. The van der Waals surface area contributed by atoms with Gasteiger partial charge in [-0.05, 0) is 19.9 Å². The van der Waals surface area contributed by atoms with Crippen LogP contribution in [-0.4, -0.2) is 47.4 Å². The average Bonchev–Trinajstić information content (AvgIpc) is 2.39. The molecule has 0 aromatic rings. The van der Waals surface area contributed by atoms with E-state index in [1.165, 1.54) is 0 Å². The Bertz CT molecular complexity index is 175. The fourth-order valence-corrected chi connectivity index (χ4v) is 2.91. The van der Waals surface area contributed by atoms with Crippen molar-refractivity contribution >= 4 is 0 Å². The van der Waals surface area contributed by atoms with Gasteiger partial charge in [0.1, 0.15) is 6.10 Å². The van der Waals surface area contributed by atoms with Crippen LogP contribution >= 0.6 is 0 Å². The Hall–Kier alpha value is -0.120. The zero-order valence-electron chi connectivity index (χ0n) is 6.60. The number of rotatable bonds is 0. The molecular weight excluding hydrogens is 142 g/mol. The zero-order chi connectivity index (χ0) is 7.59. The highest BCUT2D eigenvalue weighted by molar-refractivity contribution is 5.10. The minimum Gasteiger partial charge on any atom is -0.389 e. The van der Waals surface area contributed by atoms with Crippen LogP contribution in [0.25, 0.3) is 0 Å². The highest BCUT2D eigenvalue weighted by atomic mass is 16.5. The molecule has 3 nitrogen and oxygen atoms in total. The number of hydrogen-bond acceptors (Lipinski definition) is 3. The van der Waals surface area contributed by atoms with Crippen molar-refractivity contribution in [3.8, 4) is 0 Å². The third-order valence-electron chi connectivity index (χ3n) is 3.51. The molecule has 5 atom stereocenters. The molecule has 4 heterocycles. The summed E-state index contributed by atoms with van der Waals surface area (Å²) in [7, 11) is 2.10. The first-order valence-electron chi connectivity index (χ1n) is 4.33. The summed E-state index contributed by atoms with van der Waals surface area (Å²) in [6.07, 6.45) is 2.53. The summed E-state index contributed by atoms with van der Waals surface area (Å²) in [5, 5.41) is 9.71. The molecule has 4 fully saturated rings. The molecule has 3 heteroatoms. The molecule has 0 aromatic heterocycles. The number of aliphatic hydroxyl groups excluding tert-OH is 1. The van der Waals surface area contributed by atoms with Crippen molar-refractivity contribution in [2.45, 2.75) is 43.2 Å². The number of nitrogens with zero attached hydrogens (tertiary/aromatic N) is 1. The van der Waals surface area contributed by atoms with Crippen molar-refractivity contribution in [3.05, 3.63) is 0 Å². The third-order valence-corrected chi connectivity index (χ3v) is 3.51. The van der Waals surface area contributed by atoms with E-state index < -0.39 is 0 Å². The maximum absolute atomic E-state index is 9.71. The standard InChI is InChI=1S/C8H13NO2/c1-9-5-2-4-3-6(9)8(11-4)7(5)10/h4-8,10H,2-3H2,1H3/t4-,5+,6-,7-,8+/m1/s1.